The summed E-state index contributed by atoms with van der Waals surface area (Å²) in [5, 5.41) is 32.3. The Labute approximate surface area is 296 Å². The fourth-order valence-electron chi connectivity index (χ4n) is 6.57. The maximum atomic E-state index is 12.2. The molecule has 0 spiro atoms. The third-order valence-corrected chi connectivity index (χ3v) is 9.43. The number of aliphatic carboxylic acids is 1. The van der Waals surface area contributed by atoms with E-state index in [-0.39, 0.29) is 54.7 Å². The second kappa shape index (κ2) is 16.7. The number of rotatable bonds is 13. The minimum Gasteiger partial charge on any atom is -0.481 e. The lowest BCUT2D eigenvalue weighted by Gasteiger charge is -2.41. The van der Waals surface area contributed by atoms with Gasteiger partial charge in [0.1, 0.15) is 0 Å². The molecule has 4 aromatic rings. The molecule has 0 aliphatic carbocycles. The molecule has 51 heavy (non-hydrogen) atoms. The summed E-state index contributed by atoms with van der Waals surface area (Å²) >= 11 is 0. The van der Waals surface area contributed by atoms with E-state index in [0.29, 0.717) is 6.42 Å². The molecule has 12 heteroatoms. The summed E-state index contributed by atoms with van der Waals surface area (Å²) < 4.78 is 13.2. The standard InChI is InChI=1S/C39H42N4O8/c44-26-27-5-7-29(8-6-27)36-23-34(25-41-19-21-42(22-20-41)32-13-15-33(16-14-32)43(48)49)50-39(51-36)30-11-9-28(10-12-30)35-4-2-1-3-31(35)24-40-37(45)17-18-38(46)47/h1-16,34,36,39,44H,17-26H2,(H,40,45)(H,46,47)/t34-,36+,39+/m0/s1. The summed E-state index contributed by atoms with van der Waals surface area (Å²) in [7, 11) is 0. The number of aliphatic hydroxyl groups is 1. The molecule has 2 aliphatic rings. The fourth-order valence-corrected chi connectivity index (χ4v) is 6.57. The first-order chi connectivity index (χ1) is 24.7. The zero-order chi connectivity index (χ0) is 35.7. The van der Waals surface area contributed by atoms with Crippen molar-refractivity contribution in [3.05, 3.63) is 129 Å². The van der Waals surface area contributed by atoms with Gasteiger partial charge >= 0.3 is 5.97 Å². The smallest absolute Gasteiger partial charge is 0.303 e. The van der Waals surface area contributed by atoms with Crippen LogP contribution in [0, 0.1) is 10.1 Å². The van der Waals surface area contributed by atoms with Gasteiger partial charge in [-0.05, 0) is 39.9 Å². The van der Waals surface area contributed by atoms with E-state index in [1.54, 1.807) is 24.3 Å². The minimum atomic E-state index is -1.01. The van der Waals surface area contributed by atoms with Crippen molar-refractivity contribution < 1.29 is 34.2 Å². The van der Waals surface area contributed by atoms with Crippen LogP contribution < -0.4 is 10.2 Å². The monoisotopic (exact) mass is 694 g/mol. The van der Waals surface area contributed by atoms with Gasteiger partial charge in [0, 0.05) is 75.5 Å². The van der Waals surface area contributed by atoms with Gasteiger partial charge in [-0.15, -0.1) is 0 Å². The molecular formula is C39H42N4O8. The largest absolute Gasteiger partial charge is 0.481 e. The molecule has 2 saturated heterocycles. The first kappa shape index (κ1) is 35.7. The van der Waals surface area contributed by atoms with E-state index in [9.17, 15) is 24.8 Å². The summed E-state index contributed by atoms with van der Waals surface area (Å²) in [4.78, 5) is 38.3. The van der Waals surface area contributed by atoms with Gasteiger partial charge in [0.05, 0.1) is 30.2 Å². The van der Waals surface area contributed by atoms with Crippen molar-refractivity contribution >= 4 is 23.3 Å². The van der Waals surface area contributed by atoms with Crippen molar-refractivity contribution in [2.45, 2.75) is 50.9 Å². The number of aliphatic hydroxyl groups excluding tert-OH is 1. The number of piperazine rings is 1. The van der Waals surface area contributed by atoms with Crippen LogP contribution in [0.4, 0.5) is 11.4 Å². The van der Waals surface area contributed by atoms with E-state index in [1.807, 2.05) is 72.8 Å². The molecule has 0 saturated carbocycles. The number of anilines is 1. The first-order valence-corrected chi connectivity index (χ1v) is 17.1. The number of nitrogens with one attached hydrogen (secondary N) is 1. The van der Waals surface area contributed by atoms with Crippen LogP contribution in [-0.2, 0) is 32.2 Å². The molecule has 2 fully saturated rings. The number of ether oxygens (including phenoxy) is 2. The average Bonchev–Trinajstić information content (AvgIpc) is 3.16. The molecule has 2 aliphatic heterocycles. The number of carboxylic acids is 1. The topological polar surface area (TPSA) is 155 Å². The van der Waals surface area contributed by atoms with E-state index in [2.05, 4.69) is 15.1 Å². The first-order valence-electron chi connectivity index (χ1n) is 17.1. The van der Waals surface area contributed by atoms with Crippen LogP contribution in [-0.4, -0.2) is 70.7 Å². The van der Waals surface area contributed by atoms with Gasteiger partial charge in [0.15, 0.2) is 6.29 Å². The van der Waals surface area contributed by atoms with Gasteiger partial charge in [0.2, 0.25) is 5.91 Å². The summed E-state index contributed by atoms with van der Waals surface area (Å²) in [6.07, 6.45) is -0.543. The number of carbonyl (C=O) groups excluding carboxylic acids is 1. The minimum absolute atomic E-state index is 0.0292. The van der Waals surface area contributed by atoms with Gasteiger partial charge in [-0.25, -0.2) is 0 Å². The van der Waals surface area contributed by atoms with Crippen molar-refractivity contribution in [3.8, 4) is 11.1 Å². The Morgan fingerprint density at radius 2 is 1.53 bits per heavy atom. The molecule has 12 nitrogen and oxygen atoms in total. The van der Waals surface area contributed by atoms with Crippen molar-refractivity contribution in [1.82, 2.24) is 10.2 Å². The zero-order valence-corrected chi connectivity index (χ0v) is 28.2. The fraction of sp³-hybridized carbons (Fsp3) is 0.333. The highest BCUT2D eigenvalue weighted by molar-refractivity contribution is 5.81. The van der Waals surface area contributed by atoms with Gasteiger partial charge < -0.3 is 29.9 Å². The molecule has 4 aromatic carbocycles. The van der Waals surface area contributed by atoms with Gasteiger partial charge in [-0.2, -0.15) is 0 Å². The summed E-state index contributed by atoms with van der Waals surface area (Å²) in [6, 6.07) is 30.3. The molecule has 266 valence electrons. The number of carbonyl (C=O) groups is 2. The number of hydrogen-bond donors (Lipinski definition) is 3. The maximum absolute atomic E-state index is 12.2. The maximum Gasteiger partial charge on any atom is 0.303 e. The second-order valence-corrected chi connectivity index (χ2v) is 12.9. The lowest BCUT2D eigenvalue weighted by atomic mass is 9.97. The Bertz CT molecular complexity index is 1790. The molecule has 6 rings (SSSR count). The Morgan fingerprint density at radius 1 is 0.843 bits per heavy atom. The van der Waals surface area contributed by atoms with E-state index in [0.717, 1.165) is 71.8 Å². The van der Waals surface area contributed by atoms with E-state index >= 15 is 0 Å². The molecule has 0 unspecified atom stereocenters. The molecule has 3 atom stereocenters. The molecule has 1 amide bonds. The number of nitrogens with zero attached hydrogens (tertiary/aromatic N) is 3. The highest BCUT2D eigenvalue weighted by Gasteiger charge is 2.34. The lowest BCUT2D eigenvalue weighted by Crippen LogP contribution is -2.49. The van der Waals surface area contributed by atoms with Crippen LogP contribution in [0.2, 0.25) is 0 Å². The highest BCUT2D eigenvalue weighted by Crippen LogP contribution is 2.39. The molecule has 0 bridgehead atoms. The third-order valence-electron chi connectivity index (χ3n) is 9.43. The van der Waals surface area contributed by atoms with Crippen LogP contribution >= 0.6 is 0 Å². The Kier molecular flexibility index (Phi) is 11.7. The van der Waals surface area contributed by atoms with Gasteiger partial charge in [-0.1, -0.05) is 72.8 Å². The highest BCUT2D eigenvalue weighted by atomic mass is 16.7. The number of nitro groups is 1. The Morgan fingerprint density at radius 3 is 2.20 bits per heavy atom. The Balaban J connectivity index is 1.13. The number of benzene rings is 4. The van der Waals surface area contributed by atoms with Crippen molar-refractivity contribution in [3.63, 3.8) is 0 Å². The van der Waals surface area contributed by atoms with Crippen LogP contribution in [0.1, 0.15) is 53.9 Å². The molecular weight excluding hydrogens is 652 g/mol. The second-order valence-electron chi connectivity index (χ2n) is 12.9. The lowest BCUT2D eigenvalue weighted by molar-refractivity contribution is -0.384. The predicted octanol–water partition coefficient (Wildman–Crippen LogP) is 5.60. The molecule has 0 radical (unpaired) electrons. The molecule has 3 N–H and O–H groups in total. The number of nitro benzene ring substituents is 1. The third kappa shape index (κ3) is 9.35. The number of amides is 1. The average molecular weight is 695 g/mol. The molecule has 2 heterocycles. The number of hydrogen-bond acceptors (Lipinski definition) is 9. The summed E-state index contributed by atoms with van der Waals surface area (Å²) in [5.74, 6) is -1.32. The molecule has 0 aromatic heterocycles. The summed E-state index contributed by atoms with van der Waals surface area (Å²) in [5.41, 5.74) is 6.62. The predicted molar refractivity (Wildman–Crippen MR) is 191 cm³/mol. The SMILES string of the molecule is O=C(O)CCC(=O)NCc1ccccc1-c1ccc([C@@H]2O[C@H](CN3CCN(c4ccc([N+](=O)[O-])cc4)CC3)C[C@H](c3ccc(CO)cc3)O2)cc1. The Hall–Kier alpha value is -5.14. The van der Waals surface area contributed by atoms with E-state index < -0.39 is 12.3 Å². The van der Waals surface area contributed by atoms with Gasteiger partial charge in [0.25, 0.3) is 5.69 Å². The van der Waals surface area contributed by atoms with Crippen LogP contribution in [0.3, 0.4) is 0 Å². The van der Waals surface area contributed by atoms with E-state index in [4.69, 9.17) is 14.6 Å². The number of non-ortho nitro benzene ring substituents is 1. The van der Waals surface area contributed by atoms with E-state index in [1.165, 1.54) is 0 Å². The normalized spacial score (nSPS) is 19.4. The van der Waals surface area contributed by atoms with Crippen LogP contribution in [0.25, 0.3) is 11.1 Å². The van der Waals surface area contributed by atoms with Gasteiger partial charge in [-0.3, -0.25) is 24.6 Å². The zero-order valence-electron chi connectivity index (χ0n) is 28.2. The summed E-state index contributed by atoms with van der Waals surface area (Å²) in [6.45, 7) is 4.23. The quantitative estimate of drug-likeness (QED) is 0.119. The number of carboxylic acid groups (broad SMARTS) is 1. The van der Waals surface area contributed by atoms with Crippen LogP contribution in [0.5, 0.6) is 0 Å². The van der Waals surface area contributed by atoms with Crippen LogP contribution in [0.15, 0.2) is 97.1 Å². The van der Waals surface area contributed by atoms with Crippen molar-refractivity contribution in [1.29, 1.82) is 0 Å². The van der Waals surface area contributed by atoms with Crippen molar-refractivity contribution in [2.24, 2.45) is 0 Å². The van der Waals surface area contributed by atoms with Crippen molar-refractivity contribution in [2.75, 3.05) is 37.6 Å².